The summed E-state index contributed by atoms with van der Waals surface area (Å²) >= 11 is 1.71. The van der Waals surface area contributed by atoms with E-state index in [2.05, 4.69) is 4.98 Å². The van der Waals surface area contributed by atoms with Gasteiger partial charge in [0.15, 0.2) is 0 Å². The molecule has 0 spiro atoms. The second-order valence-corrected chi connectivity index (χ2v) is 6.79. The highest BCUT2D eigenvalue weighted by atomic mass is 32.1. The van der Waals surface area contributed by atoms with Gasteiger partial charge in [0.2, 0.25) is 0 Å². The molecule has 0 radical (unpaired) electrons. The van der Waals surface area contributed by atoms with Gasteiger partial charge in [-0.2, -0.15) is 0 Å². The standard InChI is InChI=1S/C17H16FN3S/c18-13-7-3-1-5-11(13)9-21-10-20-17-15(16(21)19)12-6-2-4-8-14(12)22-17/h1,3,5,7,10,19H,2,4,6,8-9H2. The van der Waals surface area contributed by atoms with Crippen molar-refractivity contribution in [3.63, 3.8) is 0 Å². The third-order valence-corrected chi connectivity index (χ3v) is 5.49. The van der Waals surface area contributed by atoms with Gasteiger partial charge in [-0.15, -0.1) is 11.3 Å². The van der Waals surface area contributed by atoms with Gasteiger partial charge < -0.3 is 4.57 Å². The molecular weight excluding hydrogens is 297 g/mol. The maximum Gasteiger partial charge on any atom is 0.136 e. The van der Waals surface area contributed by atoms with E-state index in [4.69, 9.17) is 5.41 Å². The molecule has 1 aromatic carbocycles. The van der Waals surface area contributed by atoms with Gasteiger partial charge in [0.05, 0.1) is 18.3 Å². The first-order valence-corrected chi connectivity index (χ1v) is 8.33. The zero-order chi connectivity index (χ0) is 15.1. The van der Waals surface area contributed by atoms with E-state index in [1.807, 2.05) is 6.07 Å². The lowest BCUT2D eigenvalue weighted by Crippen LogP contribution is -2.22. The predicted octanol–water partition coefficient (Wildman–Crippen LogP) is 3.64. The molecule has 2 aromatic heterocycles. The molecule has 3 aromatic rings. The molecule has 0 bridgehead atoms. The molecule has 0 saturated heterocycles. The summed E-state index contributed by atoms with van der Waals surface area (Å²) in [6.07, 6.45) is 6.21. The van der Waals surface area contributed by atoms with Gasteiger partial charge in [0, 0.05) is 10.4 Å². The fraction of sp³-hybridized carbons (Fsp3) is 0.294. The van der Waals surface area contributed by atoms with Crippen LogP contribution in [0.1, 0.15) is 28.8 Å². The Labute approximate surface area is 131 Å². The van der Waals surface area contributed by atoms with Crippen molar-refractivity contribution < 1.29 is 4.39 Å². The monoisotopic (exact) mass is 313 g/mol. The minimum absolute atomic E-state index is 0.234. The van der Waals surface area contributed by atoms with Crippen molar-refractivity contribution in [1.82, 2.24) is 9.55 Å². The van der Waals surface area contributed by atoms with Gasteiger partial charge in [0.1, 0.15) is 16.1 Å². The van der Waals surface area contributed by atoms with Crippen LogP contribution in [0.3, 0.4) is 0 Å². The van der Waals surface area contributed by atoms with E-state index in [-0.39, 0.29) is 5.82 Å². The predicted molar refractivity (Wildman–Crippen MR) is 85.6 cm³/mol. The number of nitrogens with one attached hydrogen (secondary N) is 1. The first kappa shape index (κ1) is 13.6. The van der Waals surface area contributed by atoms with Crippen LogP contribution in [0.2, 0.25) is 0 Å². The molecule has 3 nitrogen and oxygen atoms in total. The topological polar surface area (TPSA) is 41.7 Å². The van der Waals surface area contributed by atoms with Crippen LogP contribution in [0, 0.1) is 11.2 Å². The quantitative estimate of drug-likeness (QED) is 0.771. The first-order valence-electron chi connectivity index (χ1n) is 7.52. The Bertz CT molecular complexity index is 910. The average molecular weight is 313 g/mol. The van der Waals surface area contributed by atoms with Crippen molar-refractivity contribution >= 4 is 21.6 Å². The highest BCUT2D eigenvalue weighted by molar-refractivity contribution is 7.18. The van der Waals surface area contributed by atoms with Crippen molar-refractivity contribution in [3.05, 3.63) is 57.9 Å². The van der Waals surface area contributed by atoms with E-state index in [9.17, 15) is 4.39 Å². The zero-order valence-electron chi connectivity index (χ0n) is 12.1. The molecule has 1 aliphatic rings. The van der Waals surface area contributed by atoms with Crippen molar-refractivity contribution in [2.45, 2.75) is 32.2 Å². The lowest BCUT2D eigenvalue weighted by atomic mass is 9.97. The number of aryl methyl sites for hydroxylation is 2. The lowest BCUT2D eigenvalue weighted by Gasteiger charge is -2.11. The molecule has 22 heavy (non-hydrogen) atoms. The lowest BCUT2D eigenvalue weighted by molar-refractivity contribution is 0.592. The molecule has 0 unspecified atom stereocenters. The fourth-order valence-corrected chi connectivity index (χ4v) is 4.37. The molecule has 0 saturated carbocycles. The minimum atomic E-state index is -0.234. The van der Waals surface area contributed by atoms with E-state index >= 15 is 0 Å². The largest absolute Gasteiger partial charge is 0.312 e. The highest BCUT2D eigenvalue weighted by Gasteiger charge is 2.18. The van der Waals surface area contributed by atoms with Gasteiger partial charge in [-0.1, -0.05) is 18.2 Å². The molecule has 5 heteroatoms. The highest BCUT2D eigenvalue weighted by Crippen LogP contribution is 2.33. The summed E-state index contributed by atoms with van der Waals surface area (Å²) in [4.78, 5) is 6.84. The summed E-state index contributed by atoms with van der Waals surface area (Å²) in [6.45, 7) is 0.346. The van der Waals surface area contributed by atoms with E-state index in [1.54, 1.807) is 34.4 Å². The normalized spacial score (nSPS) is 14.2. The van der Waals surface area contributed by atoms with Gasteiger partial charge in [-0.3, -0.25) is 5.41 Å². The minimum Gasteiger partial charge on any atom is -0.312 e. The fourth-order valence-electron chi connectivity index (χ4n) is 3.14. The van der Waals surface area contributed by atoms with Crippen LogP contribution >= 0.6 is 11.3 Å². The molecule has 0 amide bonds. The number of hydrogen-bond acceptors (Lipinski definition) is 3. The zero-order valence-corrected chi connectivity index (χ0v) is 12.9. The Kier molecular flexibility index (Phi) is 3.30. The maximum atomic E-state index is 13.8. The Morgan fingerprint density at radius 3 is 2.91 bits per heavy atom. The number of aromatic nitrogens is 2. The van der Waals surface area contributed by atoms with Crippen molar-refractivity contribution in [2.24, 2.45) is 0 Å². The molecule has 1 aliphatic carbocycles. The van der Waals surface area contributed by atoms with Crippen LogP contribution < -0.4 is 5.49 Å². The van der Waals surface area contributed by atoms with Crippen LogP contribution in [-0.4, -0.2) is 9.55 Å². The van der Waals surface area contributed by atoms with E-state index < -0.39 is 0 Å². The van der Waals surface area contributed by atoms with Crippen molar-refractivity contribution in [2.75, 3.05) is 0 Å². The average Bonchev–Trinajstić information content (AvgIpc) is 2.91. The Balaban J connectivity index is 1.84. The Morgan fingerprint density at radius 1 is 1.23 bits per heavy atom. The van der Waals surface area contributed by atoms with Crippen molar-refractivity contribution in [3.8, 4) is 0 Å². The molecule has 0 fully saturated rings. The molecule has 0 atom stereocenters. The third-order valence-electron chi connectivity index (χ3n) is 4.29. The van der Waals surface area contributed by atoms with Gasteiger partial charge >= 0.3 is 0 Å². The van der Waals surface area contributed by atoms with Gasteiger partial charge in [0.25, 0.3) is 0 Å². The number of benzene rings is 1. The Hall–Kier alpha value is -2.01. The molecule has 1 N–H and O–H groups in total. The van der Waals surface area contributed by atoms with Gasteiger partial charge in [-0.05, 0) is 37.3 Å². The molecule has 0 aliphatic heterocycles. The van der Waals surface area contributed by atoms with E-state index in [0.29, 0.717) is 17.6 Å². The third kappa shape index (κ3) is 2.16. The summed E-state index contributed by atoms with van der Waals surface area (Å²) < 4.78 is 15.6. The second kappa shape index (κ2) is 5.32. The van der Waals surface area contributed by atoms with Crippen molar-refractivity contribution in [1.29, 1.82) is 5.41 Å². The number of rotatable bonds is 2. The smallest absolute Gasteiger partial charge is 0.136 e. The Morgan fingerprint density at radius 2 is 2.05 bits per heavy atom. The van der Waals surface area contributed by atoms with Crippen LogP contribution in [0.4, 0.5) is 4.39 Å². The van der Waals surface area contributed by atoms with E-state index in [0.717, 1.165) is 23.1 Å². The molecule has 4 rings (SSSR count). The number of fused-ring (bicyclic) bond motifs is 3. The summed E-state index contributed by atoms with van der Waals surface area (Å²) in [5.41, 5.74) is 2.34. The summed E-state index contributed by atoms with van der Waals surface area (Å²) in [5, 5.41) is 9.49. The van der Waals surface area contributed by atoms with Crippen LogP contribution in [-0.2, 0) is 19.4 Å². The number of thiophene rings is 1. The number of hydrogen-bond donors (Lipinski definition) is 1. The molecular formula is C17H16FN3S. The molecule has 112 valence electrons. The van der Waals surface area contributed by atoms with Gasteiger partial charge in [-0.25, -0.2) is 9.37 Å². The number of halogens is 1. The SMILES string of the molecule is N=c1c2c3c(sc2ncn1Cc1ccccc1F)CCCC3. The van der Waals surface area contributed by atoms with Crippen LogP contribution in [0.25, 0.3) is 10.2 Å². The van der Waals surface area contributed by atoms with E-state index in [1.165, 1.54) is 29.3 Å². The summed E-state index contributed by atoms with van der Waals surface area (Å²) in [7, 11) is 0. The maximum absolute atomic E-state index is 13.8. The first-order chi connectivity index (χ1) is 10.7. The molecule has 2 heterocycles. The van der Waals surface area contributed by atoms with Crippen LogP contribution in [0.5, 0.6) is 0 Å². The van der Waals surface area contributed by atoms with Crippen LogP contribution in [0.15, 0.2) is 30.6 Å². The number of nitrogens with zero attached hydrogens (tertiary/aromatic N) is 2. The summed E-state index contributed by atoms with van der Waals surface area (Å²) in [6, 6.07) is 6.72. The second-order valence-electron chi connectivity index (χ2n) is 5.70. The summed E-state index contributed by atoms with van der Waals surface area (Å²) in [5.74, 6) is -0.234.